The van der Waals surface area contributed by atoms with Gasteiger partial charge in [0.05, 0.1) is 17.9 Å². The second-order valence-electron chi connectivity index (χ2n) is 8.63. The number of aryl methyl sites for hydroxylation is 1. The summed E-state index contributed by atoms with van der Waals surface area (Å²) in [4.78, 5) is 24.9. The molecule has 178 valence electrons. The number of hydrogen-bond donors (Lipinski definition) is 0. The Hall–Kier alpha value is -3.67. The number of nitrogens with zero attached hydrogens (tertiary/aromatic N) is 4. The minimum atomic E-state index is -0.0521. The maximum atomic E-state index is 14.0. The van der Waals surface area contributed by atoms with Crippen LogP contribution in [0.4, 0.5) is 0 Å². The van der Waals surface area contributed by atoms with E-state index >= 15 is 0 Å². The summed E-state index contributed by atoms with van der Waals surface area (Å²) in [5, 5.41) is 0. The van der Waals surface area contributed by atoms with Gasteiger partial charge in [-0.15, -0.1) is 0 Å². The SMILES string of the molecule is C=C/C=C(\C(=C)C)c1c(C(=O)N2CCCC(CO/C(C=C)=C(\C)C=C)C2)c2nccnc2n1C. The molecular formula is C28H34N4O2. The number of rotatable bonds is 9. The molecule has 1 unspecified atom stereocenters. The summed E-state index contributed by atoms with van der Waals surface area (Å²) in [6.07, 6.45) is 12.2. The highest BCUT2D eigenvalue weighted by atomic mass is 16.5. The van der Waals surface area contributed by atoms with Gasteiger partial charge in [-0.2, -0.15) is 0 Å². The second-order valence-corrected chi connectivity index (χ2v) is 8.63. The van der Waals surface area contributed by atoms with Crippen molar-refractivity contribution in [2.75, 3.05) is 19.7 Å². The fourth-order valence-corrected chi connectivity index (χ4v) is 4.38. The molecule has 2 aromatic rings. The number of allylic oxidation sites excluding steroid dienone is 7. The number of hydrogen-bond acceptors (Lipinski definition) is 4. The number of likely N-dealkylation sites (tertiary alicyclic amines) is 1. The van der Waals surface area contributed by atoms with Gasteiger partial charge >= 0.3 is 0 Å². The van der Waals surface area contributed by atoms with Gasteiger partial charge in [-0.1, -0.05) is 44.5 Å². The van der Waals surface area contributed by atoms with Crippen LogP contribution in [0.5, 0.6) is 0 Å². The first kappa shape index (κ1) is 25.0. The third kappa shape index (κ3) is 4.96. The molecule has 2 aromatic heterocycles. The summed E-state index contributed by atoms with van der Waals surface area (Å²) < 4.78 is 7.93. The lowest BCUT2D eigenvalue weighted by molar-refractivity contribution is 0.0593. The van der Waals surface area contributed by atoms with Gasteiger partial charge < -0.3 is 14.2 Å². The third-order valence-electron chi connectivity index (χ3n) is 6.18. The van der Waals surface area contributed by atoms with Crippen LogP contribution in [-0.4, -0.2) is 45.0 Å². The first-order valence-corrected chi connectivity index (χ1v) is 11.5. The van der Waals surface area contributed by atoms with Gasteiger partial charge in [-0.3, -0.25) is 9.78 Å². The number of amides is 1. The zero-order chi connectivity index (χ0) is 24.8. The van der Waals surface area contributed by atoms with E-state index in [0.29, 0.717) is 36.4 Å². The molecule has 3 heterocycles. The van der Waals surface area contributed by atoms with Crippen molar-refractivity contribution < 1.29 is 9.53 Å². The number of ether oxygens (including phenoxy) is 1. The van der Waals surface area contributed by atoms with Crippen molar-refractivity contribution in [2.45, 2.75) is 26.7 Å². The topological polar surface area (TPSA) is 60.3 Å². The van der Waals surface area contributed by atoms with Gasteiger partial charge in [0.15, 0.2) is 5.65 Å². The van der Waals surface area contributed by atoms with Crippen molar-refractivity contribution in [3.05, 3.63) is 91.2 Å². The zero-order valence-corrected chi connectivity index (χ0v) is 20.5. The molecule has 1 amide bonds. The van der Waals surface area contributed by atoms with Crippen molar-refractivity contribution in [1.82, 2.24) is 19.4 Å². The van der Waals surface area contributed by atoms with E-state index in [9.17, 15) is 4.79 Å². The number of piperidine rings is 1. The Morgan fingerprint density at radius 2 is 1.94 bits per heavy atom. The van der Waals surface area contributed by atoms with Crippen molar-refractivity contribution in [1.29, 1.82) is 0 Å². The van der Waals surface area contributed by atoms with E-state index in [0.717, 1.165) is 41.0 Å². The molecule has 0 N–H and O–H groups in total. The molecule has 1 aliphatic heterocycles. The number of carbonyl (C=O) groups excluding carboxylic acids is 1. The van der Waals surface area contributed by atoms with Crippen molar-refractivity contribution in [3.63, 3.8) is 0 Å². The highest BCUT2D eigenvalue weighted by Crippen LogP contribution is 2.33. The lowest BCUT2D eigenvalue weighted by Crippen LogP contribution is -2.41. The van der Waals surface area contributed by atoms with Crippen LogP contribution >= 0.6 is 0 Å². The van der Waals surface area contributed by atoms with Gasteiger partial charge in [-0.25, -0.2) is 4.98 Å². The zero-order valence-electron chi connectivity index (χ0n) is 20.5. The normalized spacial score (nSPS) is 17.2. The van der Waals surface area contributed by atoms with Gasteiger partial charge in [0, 0.05) is 44.0 Å². The molecule has 0 radical (unpaired) electrons. The average molecular weight is 459 g/mol. The Morgan fingerprint density at radius 1 is 1.21 bits per heavy atom. The smallest absolute Gasteiger partial charge is 0.258 e. The van der Waals surface area contributed by atoms with Crippen LogP contribution in [0.1, 0.15) is 42.7 Å². The van der Waals surface area contributed by atoms with E-state index in [1.165, 1.54) is 0 Å². The van der Waals surface area contributed by atoms with E-state index in [1.54, 1.807) is 30.6 Å². The van der Waals surface area contributed by atoms with Gasteiger partial charge in [0.25, 0.3) is 5.91 Å². The second kappa shape index (κ2) is 11.0. The van der Waals surface area contributed by atoms with E-state index in [2.05, 4.69) is 36.3 Å². The Labute approximate surface area is 202 Å². The molecule has 34 heavy (non-hydrogen) atoms. The van der Waals surface area contributed by atoms with Crippen LogP contribution < -0.4 is 0 Å². The molecule has 0 bridgehead atoms. The predicted octanol–water partition coefficient (Wildman–Crippen LogP) is 5.63. The molecule has 6 nitrogen and oxygen atoms in total. The summed E-state index contributed by atoms with van der Waals surface area (Å²) in [6.45, 7) is 21.3. The molecule has 3 rings (SSSR count). The van der Waals surface area contributed by atoms with Gasteiger partial charge in [0.2, 0.25) is 0 Å². The van der Waals surface area contributed by atoms with E-state index < -0.39 is 0 Å². The van der Waals surface area contributed by atoms with Crippen LogP contribution in [0.3, 0.4) is 0 Å². The lowest BCUT2D eigenvalue weighted by Gasteiger charge is -2.33. The first-order chi connectivity index (χ1) is 16.3. The molecule has 6 heteroatoms. The highest BCUT2D eigenvalue weighted by Gasteiger charge is 2.31. The maximum absolute atomic E-state index is 14.0. The number of fused-ring (bicyclic) bond motifs is 1. The lowest BCUT2D eigenvalue weighted by atomic mass is 9.96. The molecule has 1 fully saturated rings. The average Bonchev–Trinajstić information content (AvgIpc) is 3.14. The van der Waals surface area contributed by atoms with E-state index in [-0.39, 0.29) is 11.8 Å². The summed E-state index contributed by atoms with van der Waals surface area (Å²) >= 11 is 0. The van der Waals surface area contributed by atoms with E-state index in [4.69, 9.17) is 4.74 Å². The van der Waals surface area contributed by atoms with Gasteiger partial charge in [0.1, 0.15) is 11.3 Å². The minimum Gasteiger partial charge on any atom is -0.493 e. The van der Waals surface area contributed by atoms with Crippen molar-refractivity contribution in [2.24, 2.45) is 13.0 Å². The summed E-state index contributed by atoms with van der Waals surface area (Å²) in [7, 11) is 1.90. The Balaban J connectivity index is 1.96. The van der Waals surface area contributed by atoms with Crippen LogP contribution in [0.25, 0.3) is 16.7 Å². The third-order valence-corrected chi connectivity index (χ3v) is 6.18. The molecule has 0 spiro atoms. The molecule has 0 saturated carbocycles. The molecule has 1 atom stereocenters. The Kier molecular flexibility index (Phi) is 8.05. The molecule has 1 aliphatic rings. The summed E-state index contributed by atoms with van der Waals surface area (Å²) in [5.41, 5.74) is 5.20. The first-order valence-electron chi connectivity index (χ1n) is 11.5. The quantitative estimate of drug-likeness (QED) is 0.361. The fraction of sp³-hybridized carbons (Fsp3) is 0.321. The minimum absolute atomic E-state index is 0.0521. The standard InChI is InChI=1S/C28H34N4O2/c1-8-12-22(19(4)5)26-24(25-27(31(26)7)30-15-14-29-25)28(33)32-16-11-13-21(17-32)18-34-23(10-3)20(6)9-2/h8-10,12,14-15,21H,1-4,11,13,16-18H2,5-7H3/b22-12+,23-20+. The summed E-state index contributed by atoms with van der Waals surface area (Å²) in [5.74, 6) is 0.897. The molecule has 1 saturated heterocycles. The highest BCUT2D eigenvalue weighted by molar-refractivity contribution is 6.10. The maximum Gasteiger partial charge on any atom is 0.258 e. The van der Waals surface area contributed by atoms with Crippen LogP contribution in [0, 0.1) is 5.92 Å². The van der Waals surface area contributed by atoms with Gasteiger partial charge in [-0.05, 0) is 43.9 Å². The monoisotopic (exact) mass is 458 g/mol. The Bertz CT molecular complexity index is 1200. The molecule has 0 aromatic carbocycles. The van der Waals surface area contributed by atoms with Crippen LogP contribution in [0.2, 0.25) is 0 Å². The summed E-state index contributed by atoms with van der Waals surface area (Å²) in [6, 6.07) is 0. The van der Waals surface area contributed by atoms with E-state index in [1.807, 2.05) is 36.4 Å². The predicted molar refractivity (Wildman–Crippen MR) is 139 cm³/mol. The molecular weight excluding hydrogens is 424 g/mol. The number of carbonyl (C=O) groups is 1. The largest absolute Gasteiger partial charge is 0.493 e. The van der Waals surface area contributed by atoms with Crippen molar-refractivity contribution in [3.8, 4) is 0 Å². The fourth-order valence-electron chi connectivity index (χ4n) is 4.38. The number of aromatic nitrogens is 3. The molecule has 0 aliphatic carbocycles. The van der Waals surface area contributed by atoms with Crippen LogP contribution in [0.15, 0.2) is 79.9 Å². The Morgan fingerprint density at radius 3 is 2.59 bits per heavy atom. The van der Waals surface area contributed by atoms with Crippen molar-refractivity contribution >= 4 is 22.6 Å². The van der Waals surface area contributed by atoms with Crippen LogP contribution in [-0.2, 0) is 11.8 Å².